The van der Waals surface area contributed by atoms with E-state index in [9.17, 15) is 4.79 Å². The molecule has 5 nitrogen and oxygen atoms in total. The largest absolute Gasteiger partial charge is 0.364 e. The molecule has 1 aliphatic heterocycles. The predicted octanol–water partition coefficient (Wildman–Crippen LogP) is 1.60. The zero-order chi connectivity index (χ0) is 13.4. The standard InChI is InChI=1S/C13H16N4OS/c1-17-6-4-8(5-7-17)9-2-3-10-12(15-9)19-13(16-10)11(14)18/h2-3,8H,4-7H2,1H3,(H2,14,18). The van der Waals surface area contributed by atoms with Crippen LogP contribution in [-0.4, -0.2) is 40.9 Å². The second-order valence-electron chi connectivity index (χ2n) is 5.02. The Kier molecular flexibility index (Phi) is 3.20. The number of hydrogen-bond donors (Lipinski definition) is 1. The zero-order valence-corrected chi connectivity index (χ0v) is 11.6. The molecule has 100 valence electrons. The number of likely N-dealkylation sites (tertiary alicyclic amines) is 1. The minimum atomic E-state index is -0.483. The predicted molar refractivity (Wildman–Crippen MR) is 75.4 cm³/mol. The van der Waals surface area contributed by atoms with Crippen LogP contribution >= 0.6 is 11.3 Å². The van der Waals surface area contributed by atoms with Crippen molar-refractivity contribution in [1.82, 2.24) is 14.9 Å². The fraction of sp³-hybridized carbons (Fsp3) is 0.462. The van der Waals surface area contributed by atoms with Gasteiger partial charge in [0.15, 0.2) is 5.01 Å². The van der Waals surface area contributed by atoms with E-state index in [4.69, 9.17) is 5.73 Å². The quantitative estimate of drug-likeness (QED) is 0.904. The molecule has 1 fully saturated rings. The molecule has 3 heterocycles. The maximum atomic E-state index is 11.1. The van der Waals surface area contributed by atoms with E-state index in [2.05, 4.69) is 21.9 Å². The third-order valence-corrected chi connectivity index (χ3v) is 4.60. The minimum Gasteiger partial charge on any atom is -0.364 e. The number of aromatic nitrogens is 2. The molecule has 1 saturated heterocycles. The number of amides is 1. The Bertz CT molecular complexity index is 616. The van der Waals surface area contributed by atoms with Crippen LogP contribution in [0.25, 0.3) is 10.3 Å². The highest BCUT2D eigenvalue weighted by Gasteiger charge is 2.20. The highest BCUT2D eigenvalue weighted by molar-refractivity contribution is 7.19. The van der Waals surface area contributed by atoms with Crippen LogP contribution in [0.5, 0.6) is 0 Å². The van der Waals surface area contributed by atoms with Gasteiger partial charge in [0.05, 0.1) is 0 Å². The van der Waals surface area contributed by atoms with Crippen LogP contribution in [0.15, 0.2) is 12.1 Å². The molecule has 0 bridgehead atoms. The Morgan fingerprint density at radius 2 is 2.11 bits per heavy atom. The molecule has 0 saturated carbocycles. The van der Waals surface area contributed by atoms with Crippen LogP contribution in [-0.2, 0) is 0 Å². The zero-order valence-electron chi connectivity index (χ0n) is 10.8. The van der Waals surface area contributed by atoms with Crippen molar-refractivity contribution in [2.75, 3.05) is 20.1 Å². The number of piperidine rings is 1. The maximum absolute atomic E-state index is 11.1. The number of pyridine rings is 1. The van der Waals surface area contributed by atoms with Crippen LogP contribution in [0.1, 0.15) is 34.3 Å². The molecule has 1 aliphatic rings. The van der Waals surface area contributed by atoms with Crippen LogP contribution in [0, 0.1) is 0 Å². The Morgan fingerprint density at radius 1 is 1.37 bits per heavy atom. The number of fused-ring (bicyclic) bond motifs is 1. The van der Waals surface area contributed by atoms with E-state index in [1.807, 2.05) is 12.1 Å². The third kappa shape index (κ3) is 2.46. The SMILES string of the molecule is CN1CCC(c2ccc3nc(C(N)=O)sc3n2)CC1. The summed E-state index contributed by atoms with van der Waals surface area (Å²) in [6.07, 6.45) is 2.27. The maximum Gasteiger partial charge on any atom is 0.277 e. The number of carbonyl (C=O) groups is 1. The first kappa shape index (κ1) is 12.5. The lowest BCUT2D eigenvalue weighted by Crippen LogP contribution is -2.29. The van der Waals surface area contributed by atoms with E-state index < -0.39 is 5.91 Å². The Hall–Kier alpha value is -1.53. The lowest BCUT2D eigenvalue weighted by atomic mass is 9.93. The average Bonchev–Trinajstić information content (AvgIpc) is 2.82. The molecule has 2 aromatic heterocycles. The summed E-state index contributed by atoms with van der Waals surface area (Å²) in [5.74, 6) is 0.0311. The molecule has 0 unspecified atom stereocenters. The van der Waals surface area contributed by atoms with Gasteiger partial charge in [0.25, 0.3) is 5.91 Å². The van der Waals surface area contributed by atoms with Gasteiger partial charge in [-0.25, -0.2) is 9.97 Å². The molecule has 2 aromatic rings. The van der Waals surface area contributed by atoms with Crippen LogP contribution in [0.3, 0.4) is 0 Å². The summed E-state index contributed by atoms with van der Waals surface area (Å²) in [6, 6.07) is 3.97. The summed E-state index contributed by atoms with van der Waals surface area (Å²) < 4.78 is 0. The smallest absolute Gasteiger partial charge is 0.277 e. The van der Waals surface area contributed by atoms with E-state index >= 15 is 0 Å². The molecule has 3 rings (SSSR count). The van der Waals surface area contributed by atoms with Crippen molar-refractivity contribution in [3.05, 3.63) is 22.8 Å². The molecule has 0 aromatic carbocycles. The van der Waals surface area contributed by atoms with E-state index in [0.29, 0.717) is 10.9 Å². The molecular weight excluding hydrogens is 260 g/mol. The molecule has 19 heavy (non-hydrogen) atoms. The van der Waals surface area contributed by atoms with E-state index in [-0.39, 0.29) is 0 Å². The second kappa shape index (κ2) is 4.86. The average molecular weight is 276 g/mol. The number of hydrogen-bond acceptors (Lipinski definition) is 5. The Balaban J connectivity index is 1.90. The van der Waals surface area contributed by atoms with Crippen molar-refractivity contribution < 1.29 is 4.79 Å². The molecular formula is C13H16N4OS. The number of nitrogens with zero attached hydrogens (tertiary/aromatic N) is 3. The number of rotatable bonds is 2. The Morgan fingerprint density at radius 3 is 2.79 bits per heavy atom. The lowest BCUT2D eigenvalue weighted by Gasteiger charge is -2.28. The van der Waals surface area contributed by atoms with Gasteiger partial charge >= 0.3 is 0 Å². The molecule has 0 atom stereocenters. The van der Waals surface area contributed by atoms with Crippen LogP contribution in [0.4, 0.5) is 0 Å². The fourth-order valence-electron chi connectivity index (χ4n) is 2.47. The van der Waals surface area contributed by atoms with Crippen molar-refractivity contribution >= 4 is 27.6 Å². The molecule has 0 spiro atoms. The number of thiazole rings is 1. The van der Waals surface area contributed by atoms with E-state index in [1.165, 1.54) is 11.3 Å². The van der Waals surface area contributed by atoms with Crippen molar-refractivity contribution in [2.45, 2.75) is 18.8 Å². The van der Waals surface area contributed by atoms with Gasteiger partial charge in [-0.15, -0.1) is 0 Å². The minimum absolute atomic E-state index is 0.336. The normalized spacial score (nSPS) is 17.9. The molecule has 0 aliphatic carbocycles. The van der Waals surface area contributed by atoms with E-state index in [0.717, 1.165) is 42.0 Å². The summed E-state index contributed by atoms with van der Waals surface area (Å²) in [7, 11) is 2.15. The highest BCUT2D eigenvalue weighted by Crippen LogP contribution is 2.29. The van der Waals surface area contributed by atoms with Crippen molar-refractivity contribution in [3.8, 4) is 0 Å². The molecule has 0 radical (unpaired) electrons. The van der Waals surface area contributed by atoms with Gasteiger partial charge in [-0.05, 0) is 45.1 Å². The summed E-state index contributed by atoms with van der Waals surface area (Å²) in [5, 5.41) is 0.336. The monoisotopic (exact) mass is 276 g/mol. The van der Waals surface area contributed by atoms with Gasteiger partial charge in [-0.3, -0.25) is 4.79 Å². The fourth-order valence-corrected chi connectivity index (χ4v) is 3.27. The topological polar surface area (TPSA) is 72.1 Å². The van der Waals surface area contributed by atoms with Gasteiger partial charge in [0, 0.05) is 11.6 Å². The molecule has 2 N–H and O–H groups in total. The number of nitrogens with two attached hydrogens (primary N) is 1. The highest BCUT2D eigenvalue weighted by atomic mass is 32.1. The van der Waals surface area contributed by atoms with Gasteiger partial charge in [0.2, 0.25) is 0 Å². The molecule has 1 amide bonds. The number of primary amides is 1. The summed E-state index contributed by atoms with van der Waals surface area (Å²) in [4.78, 5) is 23.1. The second-order valence-corrected chi connectivity index (χ2v) is 6.00. The first-order valence-corrected chi connectivity index (χ1v) is 7.21. The Labute approximate surface area is 115 Å². The van der Waals surface area contributed by atoms with Crippen molar-refractivity contribution in [3.63, 3.8) is 0 Å². The van der Waals surface area contributed by atoms with Crippen molar-refractivity contribution in [2.24, 2.45) is 5.73 Å². The van der Waals surface area contributed by atoms with Gasteiger partial charge in [-0.2, -0.15) is 0 Å². The summed E-state index contributed by atoms with van der Waals surface area (Å²) in [6.45, 7) is 2.22. The van der Waals surface area contributed by atoms with Crippen LogP contribution in [0.2, 0.25) is 0 Å². The summed E-state index contributed by atoms with van der Waals surface area (Å²) in [5.41, 5.74) is 7.12. The van der Waals surface area contributed by atoms with Crippen molar-refractivity contribution in [1.29, 1.82) is 0 Å². The van der Waals surface area contributed by atoms with Gasteiger partial charge < -0.3 is 10.6 Å². The molecule has 6 heteroatoms. The van der Waals surface area contributed by atoms with Gasteiger partial charge in [0.1, 0.15) is 10.3 Å². The first-order valence-electron chi connectivity index (χ1n) is 6.39. The summed E-state index contributed by atoms with van der Waals surface area (Å²) >= 11 is 1.28. The van der Waals surface area contributed by atoms with Crippen LogP contribution < -0.4 is 5.73 Å². The van der Waals surface area contributed by atoms with E-state index in [1.54, 1.807) is 0 Å². The lowest BCUT2D eigenvalue weighted by molar-refractivity contribution is 0.1000. The van der Waals surface area contributed by atoms with Gasteiger partial charge in [-0.1, -0.05) is 11.3 Å². The number of carbonyl (C=O) groups excluding carboxylic acids is 1. The first-order chi connectivity index (χ1) is 9.13. The third-order valence-electron chi connectivity index (χ3n) is 3.62.